The van der Waals surface area contributed by atoms with Gasteiger partial charge in [-0.2, -0.15) is 0 Å². The number of amidine groups is 1. The van der Waals surface area contributed by atoms with Crippen molar-refractivity contribution in [1.29, 1.82) is 0 Å². The van der Waals surface area contributed by atoms with Gasteiger partial charge in [0, 0.05) is 12.1 Å². The average Bonchev–Trinajstić information content (AvgIpc) is 2.27. The first-order valence-corrected chi connectivity index (χ1v) is 6.83. The number of nitrogens with zero attached hydrogens (tertiary/aromatic N) is 2. The van der Waals surface area contributed by atoms with E-state index in [9.17, 15) is 4.79 Å². The Hall–Kier alpha value is -1.26. The van der Waals surface area contributed by atoms with E-state index in [1.54, 1.807) is 0 Å². The van der Waals surface area contributed by atoms with Crippen molar-refractivity contribution in [1.82, 2.24) is 4.90 Å². The molecule has 1 heterocycles. The Labute approximate surface area is 108 Å². The van der Waals surface area contributed by atoms with Gasteiger partial charge in [0.2, 0.25) is 5.91 Å². The lowest BCUT2D eigenvalue weighted by atomic mass is 9.66. The minimum atomic E-state index is -0.728. The molecular weight excluding hydrogens is 230 g/mol. The predicted molar refractivity (Wildman–Crippen MR) is 69.3 cm³/mol. The van der Waals surface area contributed by atoms with Crippen LogP contribution in [0, 0.1) is 5.41 Å². The topological polar surface area (TPSA) is 78.9 Å². The SMILES string of the molecule is C[C@@H]1CCC[C@H](C)N1C(=O)C1(C(N)=NO)CCC1. The van der Waals surface area contributed by atoms with Crippen molar-refractivity contribution in [3.8, 4) is 0 Å². The highest BCUT2D eigenvalue weighted by Gasteiger charge is 2.52. The largest absolute Gasteiger partial charge is 0.409 e. The molecule has 0 unspecified atom stereocenters. The van der Waals surface area contributed by atoms with Crippen molar-refractivity contribution in [3.63, 3.8) is 0 Å². The Morgan fingerprint density at radius 1 is 1.28 bits per heavy atom. The molecule has 1 saturated carbocycles. The van der Waals surface area contributed by atoms with E-state index < -0.39 is 5.41 Å². The summed E-state index contributed by atoms with van der Waals surface area (Å²) in [6.45, 7) is 4.18. The van der Waals surface area contributed by atoms with Crippen LogP contribution >= 0.6 is 0 Å². The molecule has 1 aliphatic carbocycles. The number of likely N-dealkylation sites (tertiary alicyclic amines) is 1. The molecule has 1 aliphatic heterocycles. The molecule has 5 heteroatoms. The first-order valence-electron chi connectivity index (χ1n) is 6.83. The van der Waals surface area contributed by atoms with Crippen LogP contribution in [0.25, 0.3) is 0 Å². The molecule has 2 aliphatic rings. The minimum absolute atomic E-state index is 0.0590. The second kappa shape index (κ2) is 4.78. The second-order valence-corrected chi connectivity index (χ2v) is 5.76. The van der Waals surface area contributed by atoms with Crippen LogP contribution in [0.4, 0.5) is 0 Å². The van der Waals surface area contributed by atoms with Crippen molar-refractivity contribution in [2.45, 2.75) is 64.5 Å². The van der Waals surface area contributed by atoms with Gasteiger partial charge in [-0.1, -0.05) is 11.6 Å². The summed E-state index contributed by atoms with van der Waals surface area (Å²) in [6.07, 6.45) is 5.64. The highest BCUT2D eigenvalue weighted by atomic mass is 16.4. The van der Waals surface area contributed by atoms with E-state index in [0.717, 1.165) is 19.3 Å². The summed E-state index contributed by atoms with van der Waals surface area (Å²) in [4.78, 5) is 14.7. The smallest absolute Gasteiger partial charge is 0.237 e. The Morgan fingerprint density at radius 2 is 1.83 bits per heavy atom. The molecule has 2 fully saturated rings. The third-order valence-electron chi connectivity index (χ3n) is 4.64. The molecule has 0 spiro atoms. The van der Waals surface area contributed by atoms with E-state index in [-0.39, 0.29) is 23.8 Å². The summed E-state index contributed by atoms with van der Waals surface area (Å²) >= 11 is 0. The van der Waals surface area contributed by atoms with E-state index >= 15 is 0 Å². The fraction of sp³-hybridized carbons (Fsp3) is 0.846. The van der Waals surface area contributed by atoms with Crippen molar-refractivity contribution in [3.05, 3.63) is 0 Å². The van der Waals surface area contributed by atoms with E-state index in [1.807, 2.05) is 4.90 Å². The number of carbonyl (C=O) groups excluding carboxylic acids is 1. The highest BCUT2D eigenvalue weighted by Crippen LogP contribution is 2.44. The van der Waals surface area contributed by atoms with E-state index in [0.29, 0.717) is 12.8 Å². The van der Waals surface area contributed by atoms with Crippen LogP contribution in [-0.2, 0) is 4.79 Å². The molecule has 0 bridgehead atoms. The number of hydrogen-bond donors (Lipinski definition) is 2. The van der Waals surface area contributed by atoms with Gasteiger partial charge in [-0.3, -0.25) is 4.79 Å². The number of amides is 1. The highest BCUT2D eigenvalue weighted by molar-refractivity contribution is 6.07. The summed E-state index contributed by atoms with van der Waals surface area (Å²) in [5.41, 5.74) is 5.04. The summed E-state index contributed by atoms with van der Waals surface area (Å²) in [6, 6.07) is 0.510. The molecular formula is C13H23N3O2. The molecule has 0 radical (unpaired) electrons. The lowest BCUT2D eigenvalue weighted by Gasteiger charge is -2.47. The maximum absolute atomic E-state index is 12.8. The van der Waals surface area contributed by atoms with Gasteiger partial charge in [0.05, 0.1) is 0 Å². The van der Waals surface area contributed by atoms with Crippen LogP contribution in [-0.4, -0.2) is 33.9 Å². The molecule has 2 atom stereocenters. The first-order chi connectivity index (χ1) is 8.53. The second-order valence-electron chi connectivity index (χ2n) is 5.76. The quantitative estimate of drug-likeness (QED) is 0.340. The number of carbonyl (C=O) groups is 1. The van der Waals surface area contributed by atoms with Gasteiger partial charge in [0.25, 0.3) is 0 Å². The Bertz CT molecular complexity index is 353. The van der Waals surface area contributed by atoms with Crippen LogP contribution < -0.4 is 5.73 Å². The molecule has 1 amide bonds. The number of oxime groups is 1. The third-order valence-corrected chi connectivity index (χ3v) is 4.64. The lowest BCUT2D eigenvalue weighted by Crippen LogP contribution is -2.60. The standard InChI is InChI=1S/C13H23N3O2/c1-9-5-3-6-10(2)16(9)12(17)13(7-4-8-13)11(14)15-18/h9-10,18H,3-8H2,1-2H3,(H2,14,15)/t9-,10+. The molecule has 1 saturated heterocycles. The van der Waals surface area contributed by atoms with Gasteiger partial charge in [-0.05, 0) is 46.0 Å². The molecule has 2 rings (SSSR count). The fourth-order valence-corrected chi connectivity index (χ4v) is 3.27. The summed E-state index contributed by atoms with van der Waals surface area (Å²) in [7, 11) is 0. The van der Waals surface area contributed by atoms with Crippen LogP contribution in [0.1, 0.15) is 52.4 Å². The van der Waals surface area contributed by atoms with E-state index in [4.69, 9.17) is 10.9 Å². The molecule has 0 aromatic carbocycles. The van der Waals surface area contributed by atoms with E-state index in [2.05, 4.69) is 19.0 Å². The van der Waals surface area contributed by atoms with Crippen LogP contribution in [0.15, 0.2) is 5.16 Å². The average molecular weight is 253 g/mol. The number of nitrogens with two attached hydrogens (primary N) is 1. The zero-order valence-corrected chi connectivity index (χ0v) is 11.2. The van der Waals surface area contributed by atoms with Crippen molar-refractivity contribution >= 4 is 11.7 Å². The summed E-state index contributed by atoms with van der Waals surface area (Å²) in [5, 5.41) is 12.0. The lowest BCUT2D eigenvalue weighted by molar-refractivity contribution is -0.148. The zero-order valence-electron chi connectivity index (χ0n) is 11.2. The Kier molecular flexibility index (Phi) is 3.50. The van der Waals surface area contributed by atoms with Crippen molar-refractivity contribution < 1.29 is 10.0 Å². The monoisotopic (exact) mass is 253 g/mol. The first kappa shape index (κ1) is 13.2. The van der Waals surface area contributed by atoms with Gasteiger partial charge in [0.1, 0.15) is 5.41 Å². The van der Waals surface area contributed by atoms with Gasteiger partial charge in [-0.25, -0.2) is 0 Å². The van der Waals surface area contributed by atoms with Crippen molar-refractivity contribution in [2.75, 3.05) is 0 Å². The maximum Gasteiger partial charge on any atom is 0.237 e. The zero-order chi connectivity index (χ0) is 13.3. The van der Waals surface area contributed by atoms with Gasteiger partial charge in [-0.15, -0.1) is 0 Å². The normalized spacial score (nSPS) is 31.9. The molecule has 0 aromatic rings. The summed E-state index contributed by atoms with van der Waals surface area (Å²) < 4.78 is 0. The molecule has 5 nitrogen and oxygen atoms in total. The predicted octanol–water partition coefficient (Wildman–Crippen LogP) is 1.69. The van der Waals surface area contributed by atoms with Gasteiger partial charge in [0.15, 0.2) is 5.84 Å². The molecule has 18 heavy (non-hydrogen) atoms. The third kappa shape index (κ3) is 1.85. The van der Waals surface area contributed by atoms with Crippen molar-refractivity contribution in [2.24, 2.45) is 16.3 Å². The van der Waals surface area contributed by atoms with Crippen LogP contribution in [0.2, 0.25) is 0 Å². The maximum atomic E-state index is 12.8. The van der Waals surface area contributed by atoms with Gasteiger partial charge < -0.3 is 15.8 Å². The number of hydrogen-bond acceptors (Lipinski definition) is 3. The fourth-order valence-electron chi connectivity index (χ4n) is 3.27. The number of rotatable bonds is 2. The summed E-state index contributed by atoms with van der Waals surface area (Å²) in [5.74, 6) is 0.146. The van der Waals surface area contributed by atoms with Gasteiger partial charge >= 0.3 is 0 Å². The minimum Gasteiger partial charge on any atom is -0.409 e. The molecule has 3 N–H and O–H groups in total. The Morgan fingerprint density at radius 3 is 2.22 bits per heavy atom. The van der Waals surface area contributed by atoms with Crippen LogP contribution in [0.3, 0.4) is 0 Å². The van der Waals surface area contributed by atoms with E-state index in [1.165, 1.54) is 6.42 Å². The van der Waals surface area contributed by atoms with Crippen LogP contribution in [0.5, 0.6) is 0 Å². The molecule has 102 valence electrons. The Balaban J connectivity index is 2.23. The molecule has 0 aromatic heterocycles. The number of piperidine rings is 1.